The first-order valence-electron chi connectivity index (χ1n) is 4.15. The van der Waals surface area contributed by atoms with Gasteiger partial charge in [0.1, 0.15) is 5.82 Å². The van der Waals surface area contributed by atoms with E-state index >= 15 is 0 Å². The van der Waals surface area contributed by atoms with Gasteiger partial charge in [-0.1, -0.05) is 13.8 Å². The Kier molecular flexibility index (Phi) is 1.61. The molecular formula is C8H13N3S. The van der Waals surface area contributed by atoms with Crippen LogP contribution in [0, 0.1) is 5.41 Å². The Labute approximate surface area is 76.4 Å². The molecule has 1 saturated carbocycles. The van der Waals surface area contributed by atoms with Gasteiger partial charge in [0.2, 0.25) is 5.13 Å². The van der Waals surface area contributed by atoms with E-state index in [-0.39, 0.29) is 0 Å². The van der Waals surface area contributed by atoms with Gasteiger partial charge in [-0.2, -0.15) is 4.37 Å². The SMILES string of the molecule is CNc1nc(C2CC2(C)C)ns1. The van der Waals surface area contributed by atoms with Crippen LogP contribution >= 0.6 is 11.5 Å². The summed E-state index contributed by atoms with van der Waals surface area (Å²) in [5.74, 6) is 1.62. The lowest BCUT2D eigenvalue weighted by atomic mass is 10.1. The summed E-state index contributed by atoms with van der Waals surface area (Å²) in [4.78, 5) is 4.38. The summed E-state index contributed by atoms with van der Waals surface area (Å²) in [6.07, 6.45) is 1.23. The second kappa shape index (κ2) is 2.42. The smallest absolute Gasteiger partial charge is 0.202 e. The van der Waals surface area contributed by atoms with Gasteiger partial charge >= 0.3 is 0 Å². The number of nitrogens with one attached hydrogen (secondary N) is 1. The van der Waals surface area contributed by atoms with E-state index in [1.165, 1.54) is 18.0 Å². The van der Waals surface area contributed by atoms with Gasteiger partial charge in [0, 0.05) is 24.5 Å². The highest BCUT2D eigenvalue weighted by Gasteiger charge is 2.49. The molecule has 0 amide bonds. The van der Waals surface area contributed by atoms with Crippen molar-refractivity contribution in [3.8, 4) is 0 Å². The van der Waals surface area contributed by atoms with E-state index in [9.17, 15) is 0 Å². The molecule has 1 aliphatic rings. The van der Waals surface area contributed by atoms with Crippen LogP contribution in [0.1, 0.15) is 32.0 Å². The van der Waals surface area contributed by atoms with Crippen LogP contribution in [0.2, 0.25) is 0 Å². The average Bonchev–Trinajstić information content (AvgIpc) is 2.52. The molecule has 0 radical (unpaired) electrons. The summed E-state index contributed by atoms with van der Waals surface area (Å²) < 4.78 is 4.31. The number of anilines is 1. The third kappa shape index (κ3) is 1.20. The lowest BCUT2D eigenvalue weighted by Crippen LogP contribution is -1.92. The Morgan fingerprint density at radius 3 is 2.67 bits per heavy atom. The number of hydrogen-bond donors (Lipinski definition) is 1. The molecule has 12 heavy (non-hydrogen) atoms. The normalized spacial score (nSPS) is 25.4. The zero-order valence-electron chi connectivity index (χ0n) is 7.59. The van der Waals surface area contributed by atoms with Gasteiger partial charge in [0.15, 0.2) is 0 Å². The van der Waals surface area contributed by atoms with Gasteiger partial charge in [0.05, 0.1) is 0 Å². The lowest BCUT2D eigenvalue weighted by Gasteiger charge is -1.96. The highest BCUT2D eigenvalue weighted by Crippen LogP contribution is 2.57. The second-order valence-corrected chi connectivity index (χ2v) is 4.70. The molecule has 1 atom stereocenters. The fourth-order valence-electron chi connectivity index (χ4n) is 1.39. The minimum Gasteiger partial charge on any atom is -0.363 e. The average molecular weight is 183 g/mol. The molecule has 0 saturated heterocycles. The minimum atomic E-state index is 0.437. The summed E-state index contributed by atoms with van der Waals surface area (Å²) in [5.41, 5.74) is 0.437. The molecule has 2 rings (SSSR count). The molecule has 1 aliphatic carbocycles. The predicted molar refractivity (Wildman–Crippen MR) is 50.6 cm³/mol. The third-order valence-corrected chi connectivity index (χ3v) is 3.23. The van der Waals surface area contributed by atoms with Crippen LogP contribution in [0.4, 0.5) is 5.13 Å². The van der Waals surface area contributed by atoms with Crippen molar-refractivity contribution >= 4 is 16.7 Å². The van der Waals surface area contributed by atoms with E-state index in [1.54, 1.807) is 0 Å². The van der Waals surface area contributed by atoms with Gasteiger partial charge < -0.3 is 5.32 Å². The van der Waals surface area contributed by atoms with E-state index in [0.29, 0.717) is 11.3 Å². The molecule has 0 bridgehead atoms. The van der Waals surface area contributed by atoms with Crippen LogP contribution < -0.4 is 5.32 Å². The molecule has 1 unspecified atom stereocenters. The van der Waals surface area contributed by atoms with Gasteiger partial charge in [-0.05, 0) is 11.8 Å². The number of rotatable bonds is 2. The van der Waals surface area contributed by atoms with E-state index in [1.807, 2.05) is 7.05 Å². The molecule has 4 heteroatoms. The maximum Gasteiger partial charge on any atom is 0.202 e. The van der Waals surface area contributed by atoms with Crippen molar-refractivity contribution in [2.75, 3.05) is 12.4 Å². The second-order valence-electron chi connectivity index (χ2n) is 3.95. The zero-order chi connectivity index (χ0) is 8.77. The molecule has 1 aromatic heterocycles. The molecule has 0 aromatic carbocycles. The molecule has 3 nitrogen and oxygen atoms in total. The standard InChI is InChI=1S/C8H13N3S/c1-8(2)4-5(8)6-10-7(9-3)12-11-6/h5H,4H2,1-3H3,(H,9,10,11). The molecular weight excluding hydrogens is 170 g/mol. The van der Waals surface area contributed by atoms with Gasteiger partial charge in [-0.25, -0.2) is 4.98 Å². The van der Waals surface area contributed by atoms with Crippen LogP contribution in [-0.4, -0.2) is 16.4 Å². The molecule has 1 aromatic rings. The van der Waals surface area contributed by atoms with Crippen LogP contribution in [-0.2, 0) is 0 Å². The fraction of sp³-hybridized carbons (Fsp3) is 0.750. The van der Waals surface area contributed by atoms with Crippen molar-refractivity contribution in [2.24, 2.45) is 5.41 Å². The molecule has 0 aliphatic heterocycles. The number of aromatic nitrogens is 2. The summed E-state index contributed by atoms with van der Waals surface area (Å²) in [5, 5.41) is 3.93. The monoisotopic (exact) mass is 183 g/mol. The first kappa shape index (κ1) is 7.98. The van der Waals surface area contributed by atoms with Crippen molar-refractivity contribution in [2.45, 2.75) is 26.2 Å². The summed E-state index contributed by atoms with van der Waals surface area (Å²) in [7, 11) is 1.88. The summed E-state index contributed by atoms with van der Waals surface area (Å²) >= 11 is 1.45. The first-order valence-corrected chi connectivity index (χ1v) is 4.92. The molecule has 1 N–H and O–H groups in total. The van der Waals surface area contributed by atoms with E-state index in [0.717, 1.165) is 11.0 Å². The Morgan fingerprint density at radius 1 is 1.58 bits per heavy atom. The third-order valence-electron chi connectivity index (χ3n) is 2.48. The Hall–Kier alpha value is -0.640. The van der Waals surface area contributed by atoms with Crippen molar-refractivity contribution in [1.82, 2.24) is 9.36 Å². The van der Waals surface area contributed by atoms with E-state index in [4.69, 9.17) is 0 Å². The highest BCUT2D eigenvalue weighted by molar-refractivity contribution is 7.09. The largest absolute Gasteiger partial charge is 0.363 e. The van der Waals surface area contributed by atoms with Crippen molar-refractivity contribution in [3.63, 3.8) is 0 Å². The highest BCUT2D eigenvalue weighted by atomic mass is 32.1. The molecule has 1 heterocycles. The quantitative estimate of drug-likeness (QED) is 0.763. The molecule has 0 spiro atoms. The van der Waals surface area contributed by atoms with Crippen molar-refractivity contribution in [3.05, 3.63) is 5.82 Å². The van der Waals surface area contributed by atoms with Gasteiger partial charge in [-0.15, -0.1) is 0 Å². The van der Waals surface area contributed by atoms with Crippen LogP contribution in [0.25, 0.3) is 0 Å². The van der Waals surface area contributed by atoms with Crippen LogP contribution in [0.5, 0.6) is 0 Å². The zero-order valence-corrected chi connectivity index (χ0v) is 8.40. The number of hydrogen-bond acceptors (Lipinski definition) is 4. The van der Waals surface area contributed by atoms with Crippen LogP contribution in [0.3, 0.4) is 0 Å². The van der Waals surface area contributed by atoms with Gasteiger partial charge in [-0.3, -0.25) is 0 Å². The van der Waals surface area contributed by atoms with Gasteiger partial charge in [0.25, 0.3) is 0 Å². The first-order chi connectivity index (χ1) is 5.63. The predicted octanol–water partition coefficient (Wildman–Crippen LogP) is 2.09. The lowest BCUT2D eigenvalue weighted by molar-refractivity contribution is 0.612. The number of nitrogens with zero attached hydrogens (tertiary/aromatic N) is 2. The fourth-order valence-corrected chi connectivity index (χ4v) is 1.96. The van der Waals surface area contributed by atoms with Crippen LogP contribution in [0.15, 0.2) is 0 Å². The van der Waals surface area contributed by atoms with Crippen molar-refractivity contribution in [1.29, 1.82) is 0 Å². The maximum atomic E-state index is 4.38. The Bertz CT molecular complexity index is 292. The van der Waals surface area contributed by atoms with E-state index < -0.39 is 0 Å². The summed E-state index contributed by atoms with van der Waals surface area (Å²) in [6, 6.07) is 0. The Balaban J connectivity index is 2.15. The summed E-state index contributed by atoms with van der Waals surface area (Å²) in [6.45, 7) is 4.52. The minimum absolute atomic E-state index is 0.437. The molecule has 1 fully saturated rings. The topological polar surface area (TPSA) is 37.8 Å². The molecule has 66 valence electrons. The van der Waals surface area contributed by atoms with E-state index in [2.05, 4.69) is 28.5 Å². The van der Waals surface area contributed by atoms with Crippen molar-refractivity contribution < 1.29 is 0 Å². The Morgan fingerprint density at radius 2 is 2.25 bits per heavy atom. The maximum absolute atomic E-state index is 4.38.